The number of fused-ring (bicyclic) bond motifs is 1. The van der Waals surface area contributed by atoms with Gasteiger partial charge in [-0.1, -0.05) is 10.8 Å². The van der Waals surface area contributed by atoms with Crippen LogP contribution in [0.1, 0.15) is 45.4 Å². The lowest BCUT2D eigenvalue weighted by atomic mass is 9.59. The molecule has 2 N–H and O–H groups in total. The topological polar surface area (TPSA) is 77.8 Å². The van der Waals surface area contributed by atoms with Crippen LogP contribution in [0.5, 0.6) is 0 Å². The van der Waals surface area contributed by atoms with Crippen LogP contribution in [-0.2, 0) is 4.74 Å². The van der Waals surface area contributed by atoms with Crippen LogP contribution < -0.4 is 5.32 Å². The van der Waals surface area contributed by atoms with Crippen LogP contribution in [0.25, 0.3) is 0 Å². The molecule has 0 bridgehead atoms. The van der Waals surface area contributed by atoms with Crippen molar-refractivity contribution in [3.63, 3.8) is 0 Å². The fourth-order valence-electron chi connectivity index (χ4n) is 3.81. The van der Waals surface area contributed by atoms with Crippen LogP contribution in [0.15, 0.2) is 16.5 Å². The normalized spacial score (nSPS) is 31.1. The van der Waals surface area contributed by atoms with Crippen molar-refractivity contribution in [2.75, 3.05) is 13.7 Å². The molecule has 6 nitrogen and oxygen atoms in total. The molecule has 124 valence electrons. The molecule has 3 unspecified atom stereocenters. The van der Waals surface area contributed by atoms with E-state index in [0.717, 1.165) is 37.5 Å². The largest absolute Gasteiger partial charge is 0.450 e. The standard InChI is InChI=1S/C15H25IN4O2/c1-10-3-4-11-9-12(7-8-22-15(21)18-2)13(11)5-6-14(10)20(16)19-17/h11-13,17H,3-9H2,1-2H3,(H,18,21)/b14-10+,19-17?. The first kappa shape index (κ1) is 17.5. The van der Waals surface area contributed by atoms with Gasteiger partial charge < -0.3 is 10.1 Å². The molecule has 0 spiro atoms. The van der Waals surface area contributed by atoms with E-state index >= 15 is 0 Å². The Morgan fingerprint density at radius 2 is 2.27 bits per heavy atom. The molecule has 0 heterocycles. The van der Waals surface area contributed by atoms with Crippen molar-refractivity contribution in [1.82, 2.24) is 8.54 Å². The highest BCUT2D eigenvalue weighted by Gasteiger charge is 2.40. The van der Waals surface area contributed by atoms with E-state index in [1.165, 1.54) is 24.1 Å². The summed E-state index contributed by atoms with van der Waals surface area (Å²) in [5.74, 6) is 2.22. The van der Waals surface area contributed by atoms with Crippen LogP contribution in [0.2, 0.25) is 0 Å². The molecule has 0 radical (unpaired) electrons. The SMILES string of the molecule is CNC(=O)OCCC1CC2CC/C(C)=C(/N(I)N=N)CCC12. The molecule has 1 saturated carbocycles. The van der Waals surface area contributed by atoms with E-state index in [1.54, 1.807) is 10.3 Å². The van der Waals surface area contributed by atoms with E-state index < -0.39 is 0 Å². The van der Waals surface area contributed by atoms with E-state index in [-0.39, 0.29) is 6.09 Å². The van der Waals surface area contributed by atoms with Crippen molar-refractivity contribution < 1.29 is 9.53 Å². The molecule has 0 aliphatic heterocycles. The molecular weight excluding hydrogens is 395 g/mol. The Labute approximate surface area is 146 Å². The van der Waals surface area contributed by atoms with Gasteiger partial charge in [0.2, 0.25) is 0 Å². The third-order valence-corrected chi connectivity index (χ3v) is 5.95. The van der Waals surface area contributed by atoms with Crippen molar-refractivity contribution in [2.24, 2.45) is 23.0 Å². The van der Waals surface area contributed by atoms with Crippen molar-refractivity contribution in [2.45, 2.75) is 45.4 Å². The summed E-state index contributed by atoms with van der Waals surface area (Å²) >= 11 is 2.10. The fraction of sp³-hybridized carbons (Fsp3) is 0.800. The Balaban J connectivity index is 1.87. The molecule has 22 heavy (non-hydrogen) atoms. The van der Waals surface area contributed by atoms with E-state index in [0.29, 0.717) is 12.5 Å². The maximum absolute atomic E-state index is 11.1. The first-order chi connectivity index (χ1) is 10.6. The molecule has 1 fully saturated rings. The summed E-state index contributed by atoms with van der Waals surface area (Å²) in [5.41, 5.74) is 9.78. The number of carbonyl (C=O) groups excluding carboxylic acids is 1. The fourth-order valence-corrected chi connectivity index (χ4v) is 4.46. The van der Waals surface area contributed by atoms with Crippen LogP contribution in [0.3, 0.4) is 0 Å². The summed E-state index contributed by atoms with van der Waals surface area (Å²) in [5, 5.41) is 6.02. The lowest BCUT2D eigenvalue weighted by Crippen LogP contribution is -2.38. The molecule has 0 aromatic carbocycles. The van der Waals surface area contributed by atoms with Crippen LogP contribution in [0.4, 0.5) is 4.79 Å². The van der Waals surface area contributed by atoms with Crippen LogP contribution in [-0.4, -0.2) is 23.0 Å². The minimum Gasteiger partial charge on any atom is -0.450 e. The highest BCUT2D eigenvalue weighted by molar-refractivity contribution is 14.1. The highest BCUT2D eigenvalue weighted by atomic mass is 127. The Morgan fingerprint density at radius 3 is 2.95 bits per heavy atom. The lowest BCUT2D eigenvalue weighted by molar-refractivity contribution is 0.0303. The van der Waals surface area contributed by atoms with Gasteiger partial charge >= 0.3 is 6.09 Å². The molecular formula is C15H25IN4O2. The number of alkyl carbamates (subject to hydrolysis) is 1. The number of allylic oxidation sites excluding steroid dienone is 2. The van der Waals surface area contributed by atoms with E-state index in [1.807, 2.05) is 0 Å². The Bertz CT molecular complexity index is 455. The molecule has 0 aromatic rings. The minimum atomic E-state index is -0.341. The number of carbonyl (C=O) groups is 1. The van der Waals surface area contributed by atoms with E-state index in [2.05, 4.69) is 40.3 Å². The third kappa shape index (κ3) is 4.11. The summed E-state index contributed by atoms with van der Waals surface area (Å²) in [6.07, 6.45) is 6.36. The Hall–Kier alpha value is -0.860. The molecule has 2 aliphatic carbocycles. The second kappa shape index (κ2) is 8.12. The van der Waals surface area contributed by atoms with Crippen LogP contribution in [0, 0.1) is 23.3 Å². The number of ether oxygens (including phenoxy) is 1. The maximum Gasteiger partial charge on any atom is 0.406 e. The second-order valence-corrected chi connectivity index (χ2v) is 7.17. The summed E-state index contributed by atoms with van der Waals surface area (Å²) < 4.78 is 6.79. The molecule has 3 atom stereocenters. The number of halogens is 1. The monoisotopic (exact) mass is 420 g/mol. The first-order valence-corrected chi connectivity index (χ1v) is 8.89. The molecule has 0 saturated heterocycles. The number of nitrogens with zero attached hydrogens (tertiary/aromatic N) is 2. The van der Waals surface area contributed by atoms with E-state index in [4.69, 9.17) is 10.3 Å². The summed E-state index contributed by atoms with van der Waals surface area (Å²) in [4.78, 5) is 11.1. The third-order valence-electron chi connectivity index (χ3n) is 5.15. The lowest BCUT2D eigenvalue weighted by Gasteiger charge is -2.46. The Kier molecular flexibility index (Phi) is 6.46. The number of rotatable bonds is 5. The van der Waals surface area contributed by atoms with Gasteiger partial charge in [-0.05, 0) is 63.2 Å². The van der Waals surface area contributed by atoms with Gasteiger partial charge in [-0.3, -0.25) is 0 Å². The average Bonchev–Trinajstić information content (AvgIpc) is 2.50. The van der Waals surface area contributed by atoms with Gasteiger partial charge in [-0.2, -0.15) is 8.75 Å². The van der Waals surface area contributed by atoms with Gasteiger partial charge in [-0.25, -0.2) is 4.79 Å². The molecule has 2 rings (SSSR count). The van der Waals surface area contributed by atoms with Crippen molar-refractivity contribution in [1.29, 1.82) is 5.53 Å². The highest BCUT2D eigenvalue weighted by Crippen LogP contribution is 2.50. The molecule has 7 heteroatoms. The van der Waals surface area contributed by atoms with E-state index in [9.17, 15) is 4.79 Å². The zero-order valence-corrected chi connectivity index (χ0v) is 15.4. The quantitative estimate of drug-likeness (QED) is 0.299. The zero-order valence-electron chi connectivity index (χ0n) is 13.3. The molecule has 0 aromatic heterocycles. The molecule has 2 aliphatic rings. The van der Waals surface area contributed by atoms with Gasteiger partial charge in [0.1, 0.15) is 0 Å². The zero-order chi connectivity index (χ0) is 16.1. The molecule has 1 amide bonds. The number of hydrogen-bond donors (Lipinski definition) is 2. The summed E-state index contributed by atoms with van der Waals surface area (Å²) in [7, 11) is 1.58. The van der Waals surface area contributed by atoms with Gasteiger partial charge in [-0.15, -0.1) is 0 Å². The van der Waals surface area contributed by atoms with Crippen molar-refractivity contribution >= 4 is 29.0 Å². The Morgan fingerprint density at radius 1 is 1.50 bits per heavy atom. The van der Waals surface area contributed by atoms with Gasteiger partial charge in [0.05, 0.1) is 29.5 Å². The maximum atomic E-state index is 11.1. The van der Waals surface area contributed by atoms with Gasteiger partial charge in [0.15, 0.2) is 0 Å². The summed E-state index contributed by atoms with van der Waals surface area (Å²) in [6, 6.07) is 0. The minimum absolute atomic E-state index is 0.341. The van der Waals surface area contributed by atoms with Crippen LogP contribution >= 0.6 is 22.9 Å². The number of amides is 1. The van der Waals surface area contributed by atoms with Crippen molar-refractivity contribution in [3.05, 3.63) is 11.3 Å². The number of hydrogen-bond acceptors (Lipinski definition) is 4. The number of nitrogens with one attached hydrogen (secondary N) is 2. The second-order valence-electron chi connectivity index (χ2n) is 6.26. The van der Waals surface area contributed by atoms with Gasteiger partial charge in [0.25, 0.3) is 0 Å². The first-order valence-electron chi connectivity index (χ1n) is 7.93. The van der Waals surface area contributed by atoms with Gasteiger partial charge in [0, 0.05) is 12.7 Å². The summed E-state index contributed by atoms with van der Waals surface area (Å²) in [6.45, 7) is 2.68. The predicted molar refractivity (Wildman–Crippen MR) is 92.3 cm³/mol. The predicted octanol–water partition coefficient (Wildman–Crippen LogP) is 4.43. The average molecular weight is 420 g/mol. The smallest absolute Gasteiger partial charge is 0.406 e. The van der Waals surface area contributed by atoms with Crippen molar-refractivity contribution in [3.8, 4) is 0 Å².